The van der Waals surface area contributed by atoms with Crippen molar-refractivity contribution in [3.05, 3.63) is 0 Å². The zero-order valence-electron chi connectivity index (χ0n) is 11.4. The molecule has 2 N–H and O–H groups in total. The molecule has 0 aromatic carbocycles. The first-order valence-corrected chi connectivity index (χ1v) is 7.28. The Morgan fingerprint density at radius 2 is 2.12 bits per heavy atom. The van der Waals surface area contributed by atoms with Gasteiger partial charge in [-0.3, -0.25) is 0 Å². The minimum Gasteiger partial charge on any atom is -0.381 e. The van der Waals surface area contributed by atoms with Gasteiger partial charge in [-0.1, -0.05) is 13.8 Å². The first kappa shape index (κ1) is 13.3. The van der Waals surface area contributed by atoms with Crippen molar-refractivity contribution < 1.29 is 4.74 Å². The second-order valence-electron chi connectivity index (χ2n) is 5.92. The van der Waals surface area contributed by atoms with E-state index < -0.39 is 0 Å². The van der Waals surface area contributed by atoms with E-state index in [4.69, 9.17) is 4.74 Å². The van der Waals surface area contributed by atoms with Crippen molar-refractivity contribution in [2.75, 3.05) is 32.8 Å². The van der Waals surface area contributed by atoms with Crippen molar-refractivity contribution in [1.82, 2.24) is 10.6 Å². The zero-order valence-corrected chi connectivity index (χ0v) is 11.4. The van der Waals surface area contributed by atoms with Crippen LogP contribution in [0.1, 0.15) is 39.5 Å². The second-order valence-corrected chi connectivity index (χ2v) is 5.92. The normalized spacial score (nSPS) is 33.5. The molecule has 0 bridgehead atoms. The molecule has 0 radical (unpaired) electrons. The average molecular weight is 240 g/mol. The topological polar surface area (TPSA) is 33.3 Å². The van der Waals surface area contributed by atoms with E-state index in [1.807, 2.05) is 0 Å². The van der Waals surface area contributed by atoms with Gasteiger partial charge in [-0.2, -0.15) is 0 Å². The summed E-state index contributed by atoms with van der Waals surface area (Å²) in [7, 11) is 0. The van der Waals surface area contributed by atoms with Gasteiger partial charge in [0.2, 0.25) is 0 Å². The van der Waals surface area contributed by atoms with Crippen molar-refractivity contribution in [3.8, 4) is 0 Å². The van der Waals surface area contributed by atoms with Gasteiger partial charge in [0, 0.05) is 25.8 Å². The quantitative estimate of drug-likeness (QED) is 0.786. The standard InChI is InChI=1S/C14H28N2O/c1-3-14(5-8-17-9-6-14)11-16-13-4-7-15-10-12(13)2/h12-13,15-16H,3-11H2,1-2H3. The fourth-order valence-electron chi connectivity index (χ4n) is 3.12. The molecule has 2 unspecified atom stereocenters. The molecule has 2 rings (SSSR count). The van der Waals surface area contributed by atoms with Crippen molar-refractivity contribution in [2.45, 2.75) is 45.6 Å². The Labute approximate surface area is 106 Å². The van der Waals surface area contributed by atoms with Gasteiger partial charge in [0.05, 0.1) is 0 Å². The summed E-state index contributed by atoms with van der Waals surface area (Å²) in [6, 6.07) is 0.711. The molecule has 0 saturated carbocycles. The summed E-state index contributed by atoms with van der Waals surface area (Å²) < 4.78 is 5.50. The number of hydrogen-bond acceptors (Lipinski definition) is 3. The number of piperidine rings is 1. The van der Waals surface area contributed by atoms with Crippen molar-refractivity contribution >= 4 is 0 Å². The Kier molecular flexibility index (Phi) is 4.83. The van der Waals surface area contributed by atoms with Crippen LogP contribution in [0.4, 0.5) is 0 Å². The van der Waals surface area contributed by atoms with E-state index in [-0.39, 0.29) is 0 Å². The Bertz CT molecular complexity index is 226. The second kappa shape index (κ2) is 6.17. The van der Waals surface area contributed by atoms with E-state index >= 15 is 0 Å². The van der Waals surface area contributed by atoms with E-state index in [9.17, 15) is 0 Å². The predicted octanol–water partition coefficient (Wildman–Crippen LogP) is 1.78. The van der Waals surface area contributed by atoms with Gasteiger partial charge in [-0.05, 0) is 50.1 Å². The molecular weight excluding hydrogens is 212 g/mol. The summed E-state index contributed by atoms with van der Waals surface area (Å²) in [6.45, 7) is 10.1. The molecule has 3 nitrogen and oxygen atoms in total. The van der Waals surface area contributed by atoms with Crippen molar-refractivity contribution in [1.29, 1.82) is 0 Å². The molecule has 2 aliphatic rings. The highest BCUT2D eigenvalue weighted by molar-refractivity contribution is 4.87. The molecule has 100 valence electrons. The maximum atomic E-state index is 5.50. The lowest BCUT2D eigenvalue weighted by atomic mass is 9.77. The number of rotatable bonds is 4. The Hall–Kier alpha value is -0.120. The van der Waals surface area contributed by atoms with E-state index in [0.29, 0.717) is 11.5 Å². The molecule has 0 aromatic heterocycles. The zero-order chi connectivity index (χ0) is 12.1. The molecule has 0 amide bonds. The highest BCUT2D eigenvalue weighted by atomic mass is 16.5. The van der Waals surface area contributed by atoms with Crippen LogP contribution < -0.4 is 10.6 Å². The summed E-state index contributed by atoms with van der Waals surface area (Å²) >= 11 is 0. The molecule has 17 heavy (non-hydrogen) atoms. The van der Waals surface area contributed by atoms with Crippen LogP contribution in [0.2, 0.25) is 0 Å². The molecule has 2 fully saturated rings. The number of ether oxygens (including phenoxy) is 1. The van der Waals surface area contributed by atoms with Crippen LogP contribution in [-0.2, 0) is 4.74 Å². The van der Waals surface area contributed by atoms with Gasteiger partial charge in [-0.25, -0.2) is 0 Å². The lowest BCUT2D eigenvalue weighted by molar-refractivity contribution is 0.0102. The van der Waals surface area contributed by atoms with E-state index in [2.05, 4.69) is 24.5 Å². The van der Waals surface area contributed by atoms with Gasteiger partial charge in [0.1, 0.15) is 0 Å². The molecule has 2 atom stereocenters. The molecule has 0 spiro atoms. The lowest BCUT2D eigenvalue weighted by Gasteiger charge is -2.39. The van der Waals surface area contributed by atoms with Crippen molar-refractivity contribution in [3.63, 3.8) is 0 Å². The first-order chi connectivity index (χ1) is 8.26. The maximum absolute atomic E-state index is 5.50. The fraction of sp³-hybridized carbons (Fsp3) is 1.00. The molecule has 2 saturated heterocycles. The molecule has 2 heterocycles. The summed E-state index contributed by atoms with van der Waals surface area (Å²) in [5.74, 6) is 0.762. The van der Waals surface area contributed by atoms with Crippen LogP contribution >= 0.6 is 0 Å². The Morgan fingerprint density at radius 1 is 1.35 bits per heavy atom. The molecule has 0 aromatic rings. The molecule has 3 heteroatoms. The Balaban J connectivity index is 1.82. The van der Waals surface area contributed by atoms with Crippen LogP contribution in [0.25, 0.3) is 0 Å². The average Bonchev–Trinajstić information content (AvgIpc) is 2.39. The van der Waals surface area contributed by atoms with Gasteiger partial charge < -0.3 is 15.4 Å². The van der Waals surface area contributed by atoms with Crippen LogP contribution in [0.15, 0.2) is 0 Å². The molecular formula is C14H28N2O. The van der Waals surface area contributed by atoms with E-state index in [1.165, 1.54) is 45.3 Å². The first-order valence-electron chi connectivity index (χ1n) is 7.28. The molecule has 2 aliphatic heterocycles. The van der Waals surface area contributed by atoms with Crippen LogP contribution in [0.5, 0.6) is 0 Å². The minimum atomic E-state index is 0.503. The number of nitrogens with one attached hydrogen (secondary N) is 2. The lowest BCUT2D eigenvalue weighted by Crippen LogP contribution is -2.50. The smallest absolute Gasteiger partial charge is 0.0471 e. The summed E-state index contributed by atoms with van der Waals surface area (Å²) in [5.41, 5.74) is 0.503. The minimum absolute atomic E-state index is 0.503. The van der Waals surface area contributed by atoms with Crippen LogP contribution in [0.3, 0.4) is 0 Å². The Morgan fingerprint density at radius 3 is 2.76 bits per heavy atom. The van der Waals surface area contributed by atoms with Gasteiger partial charge in [0.25, 0.3) is 0 Å². The predicted molar refractivity (Wildman–Crippen MR) is 71.2 cm³/mol. The highest BCUT2D eigenvalue weighted by Crippen LogP contribution is 2.33. The van der Waals surface area contributed by atoms with Gasteiger partial charge in [-0.15, -0.1) is 0 Å². The summed E-state index contributed by atoms with van der Waals surface area (Å²) in [4.78, 5) is 0. The fourth-order valence-corrected chi connectivity index (χ4v) is 3.12. The largest absolute Gasteiger partial charge is 0.381 e. The summed E-state index contributed by atoms with van der Waals surface area (Å²) in [5, 5.41) is 7.30. The van der Waals surface area contributed by atoms with Gasteiger partial charge >= 0.3 is 0 Å². The van der Waals surface area contributed by atoms with Crippen molar-refractivity contribution in [2.24, 2.45) is 11.3 Å². The van der Waals surface area contributed by atoms with Gasteiger partial charge in [0.15, 0.2) is 0 Å². The number of hydrogen-bond donors (Lipinski definition) is 2. The third kappa shape index (κ3) is 3.43. The van der Waals surface area contributed by atoms with Crippen LogP contribution in [-0.4, -0.2) is 38.9 Å². The maximum Gasteiger partial charge on any atom is 0.0471 e. The van der Waals surface area contributed by atoms with E-state index in [0.717, 1.165) is 19.1 Å². The van der Waals surface area contributed by atoms with E-state index in [1.54, 1.807) is 0 Å². The SMILES string of the molecule is CCC1(CNC2CCNCC2C)CCOCC1. The summed E-state index contributed by atoms with van der Waals surface area (Å²) in [6.07, 6.45) is 5.02. The third-order valence-corrected chi connectivity index (χ3v) is 4.83. The third-order valence-electron chi connectivity index (χ3n) is 4.83. The highest BCUT2D eigenvalue weighted by Gasteiger charge is 2.32. The van der Waals surface area contributed by atoms with Crippen LogP contribution in [0, 0.1) is 11.3 Å². The monoisotopic (exact) mass is 240 g/mol. The molecule has 0 aliphatic carbocycles.